The molecule has 0 saturated heterocycles. The second-order valence-electron chi connectivity index (χ2n) is 6.61. The van der Waals surface area contributed by atoms with Gasteiger partial charge in [-0.3, -0.25) is 0 Å². The van der Waals surface area contributed by atoms with Crippen molar-refractivity contribution in [2.75, 3.05) is 20.1 Å². The summed E-state index contributed by atoms with van der Waals surface area (Å²) in [5, 5.41) is 6.71. The number of aliphatic imine (C=N–C) groups is 1. The van der Waals surface area contributed by atoms with Gasteiger partial charge in [0.1, 0.15) is 0 Å². The molecule has 0 unspecified atom stereocenters. The van der Waals surface area contributed by atoms with Gasteiger partial charge in [0.2, 0.25) is 10.0 Å². The van der Waals surface area contributed by atoms with Gasteiger partial charge in [-0.25, -0.2) is 18.1 Å². The average Bonchev–Trinajstić information content (AvgIpc) is 2.59. The molecule has 0 aromatic heterocycles. The van der Waals surface area contributed by atoms with Crippen LogP contribution in [0.3, 0.4) is 0 Å². The van der Waals surface area contributed by atoms with Crippen molar-refractivity contribution < 1.29 is 8.42 Å². The van der Waals surface area contributed by atoms with Crippen LogP contribution in [0, 0.1) is 5.41 Å². The van der Waals surface area contributed by atoms with E-state index in [2.05, 4.69) is 27.3 Å². The molecule has 0 atom stereocenters. The Balaban J connectivity index is 0.00000338. The lowest BCUT2D eigenvalue weighted by Gasteiger charge is -2.41. The molecule has 148 valence electrons. The monoisotopic (exact) mass is 494 g/mol. The molecule has 8 heteroatoms. The SMILES string of the molecule is CCNC(=NCc1cccc(S(=O)(=O)NC)c1)NCC1(CC)CCC1.I. The van der Waals surface area contributed by atoms with Gasteiger partial charge in [-0.2, -0.15) is 0 Å². The number of nitrogens with zero attached hydrogens (tertiary/aromatic N) is 1. The Bertz CT molecular complexity index is 697. The molecular formula is C18H31IN4O2S. The summed E-state index contributed by atoms with van der Waals surface area (Å²) >= 11 is 0. The van der Waals surface area contributed by atoms with Crippen LogP contribution in [-0.2, 0) is 16.6 Å². The number of guanidine groups is 1. The first-order chi connectivity index (χ1) is 11.9. The lowest BCUT2D eigenvalue weighted by Crippen LogP contribution is -2.46. The number of rotatable bonds is 8. The lowest BCUT2D eigenvalue weighted by molar-refractivity contribution is 0.131. The summed E-state index contributed by atoms with van der Waals surface area (Å²) < 4.78 is 26.2. The molecule has 0 bridgehead atoms. The van der Waals surface area contributed by atoms with Crippen LogP contribution in [0.25, 0.3) is 0 Å². The Morgan fingerprint density at radius 3 is 2.50 bits per heavy atom. The molecule has 1 saturated carbocycles. The smallest absolute Gasteiger partial charge is 0.240 e. The third-order valence-electron chi connectivity index (χ3n) is 5.04. The molecule has 0 aliphatic heterocycles. The third-order valence-corrected chi connectivity index (χ3v) is 6.45. The van der Waals surface area contributed by atoms with Crippen LogP contribution < -0.4 is 15.4 Å². The predicted octanol–water partition coefficient (Wildman–Crippen LogP) is 2.85. The van der Waals surface area contributed by atoms with Crippen molar-refractivity contribution in [2.45, 2.75) is 51.0 Å². The number of nitrogens with one attached hydrogen (secondary N) is 3. The van der Waals surface area contributed by atoms with Crippen LogP contribution in [0.15, 0.2) is 34.2 Å². The highest BCUT2D eigenvalue weighted by molar-refractivity contribution is 14.0. The van der Waals surface area contributed by atoms with Gasteiger partial charge in [0.05, 0.1) is 11.4 Å². The molecular weight excluding hydrogens is 463 g/mol. The number of hydrogen-bond acceptors (Lipinski definition) is 3. The molecule has 0 spiro atoms. The van der Waals surface area contributed by atoms with Gasteiger partial charge in [-0.1, -0.05) is 25.5 Å². The van der Waals surface area contributed by atoms with Crippen molar-refractivity contribution in [2.24, 2.45) is 10.4 Å². The maximum atomic E-state index is 11.9. The number of sulfonamides is 1. The van der Waals surface area contributed by atoms with Gasteiger partial charge < -0.3 is 10.6 Å². The predicted molar refractivity (Wildman–Crippen MR) is 117 cm³/mol. The van der Waals surface area contributed by atoms with Crippen molar-refractivity contribution >= 4 is 40.0 Å². The first-order valence-electron chi connectivity index (χ1n) is 8.99. The maximum Gasteiger partial charge on any atom is 0.240 e. The molecule has 6 nitrogen and oxygen atoms in total. The van der Waals surface area contributed by atoms with Crippen LogP contribution in [0.1, 0.15) is 45.1 Å². The molecule has 2 rings (SSSR count). The number of halogens is 1. The Morgan fingerprint density at radius 2 is 1.96 bits per heavy atom. The second-order valence-corrected chi connectivity index (χ2v) is 8.50. The van der Waals surface area contributed by atoms with E-state index in [-0.39, 0.29) is 28.9 Å². The third kappa shape index (κ3) is 6.09. The summed E-state index contributed by atoms with van der Waals surface area (Å²) in [5.74, 6) is 0.782. The van der Waals surface area contributed by atoms with E-state index in [1.54, 1.807) is 18.2 Å². The fraction of sp³-hybridized carbons (Fsp3) is 0.611. The lowest BCUT2D eigenvalue weighted by atomic mass is 9.67. The largest absolute Gasteiger partial charge is 0.357 e. The van der Waals surface area contributed by atoms with E-state index in [1.807, 2.05) is 13.0 Å². The quantitative estimate of drug-likeness (QED) is 0.295. The minimum atomic E-state index is -3.43. The van der Waals surface area contributed by atoms with Crippen LogP contribution >= 0.6 is 24.0 Å². The molecule has 0 radical (unpaired) electrons. The normalized spacial score (nSPS) is 16.3. The van der Waals surface area contributed by atoms with Crippen molar-refractivity contribution in [1.82, 2.24) is 15.4 Å². The number of hydrogen-bond donors (Lipinski definition) is 3. The van der Waals surface area contributed by atoms with Gasteiger partial charge in [0.25, 0.3) is 0 Å². The van der Waals surface area contributed by atoms with Crippen molar-refractivity contribution in [1.29, 1.82) is 0 Å². The van der Waals surface area contributed by atoms with Crippen molar-refractivity contribution in [3.8, 4) is 0 Å². The molecule has 1 aliphatic rings. The molecule has 0 heterocycles. The summed E-state index contributed by atoms with van der Waals surface area (Å²) in [6.45, 7) is 6.44. The van der Waals surface area contributed by atoms with E-state index < -0.39 is 10.0 Å². The molecule has 1 aromatic rings. The fourth-order valence-corrected chi connectivity index (χ4v) is 3.84. The van der Waals surface area contributed by atoms with Crippen LogP contribution in [0.4, 0.5) is 0 Å². The highest BCUT2D eigenvalue weighted by Crippen LogP contribution is 2.42. The van der Waals surface area contributed by atoms with Gasteiger partial charge in [0.15, 0.2) is 5.96 Å². The van der Waals surface area contributed by atoms with E-state index in [4.69, 9.17) is 0 Å². The van der Waals surface area contributed by atoms with E-state index in [0.29, 0.717) is 12.0 Å². The molecule has 1 aromatic carbocycles. The topological polar surface area (TPSA) is 82.6 Å². The van der Waals surface area contributed by atoms with Crippen LogP contribution in [0.5, 0.6) is 0 Å². The van der Waals surface area contributed by atoms with Gasteiger partial charge in [-0.15, -0.1) is 24.0 Å². The van der Waals surface area contributed by atoms with Gasteiger partial charge in [-0.05, 0) is 56.3 Å². The summed E-state index contributed by atoms with van der Waals surface area (Å²) in [6, 6.07) is 6.89. The van der Waals surface area contributed by atoms with Crippen LogP contribution in [-0.4, -0.2) is 34.5 Å². The summed E-state index contributed by atoms with van der Waals surface area (Å²) in [4.78, 5) is 4.87. The Hall–Kier alpha value is -0.870. The molecule has 1 aliphatic carbocycles. The first-order valence-corrected chi connectivity index (χ1v) is 10.5. The summed E-state index contributed by atoms with van der Waals surface area (Å²) in [5.41, 5.74) is 1.28. The number of benzene rings is 1. The zero-order chi connectivity index (χ0) is 18.3. The molecule has 3 N–H and O–H groups in total. The van der Waals surface area contributed by atoms with E-state index in [9.17, 15) is 8.42 Å². The highest BCUT2D eigenvalue weighted by atomic mass is 127. The zero-order valence-electron chi connectivity index (χ0n) is 15.8. The minimum Gasteiger partial charge on any atom is -0.357 e. The Labute approximate surface area is 174 Å². The summed E-state index contributed by atoms with van der Waals surface area (Å²) in [7, 11) is -2.01. The first kappa shape index (κ1) is 23.2. The Kier molecular flexibility index (Phi) is 9.32. The van der Waals surface area contributed by atoms with Gasteiger partial charge >= 0.3 is 0 Å². The molecule has 26 heavy (non-hydrogen) atoms. The van der Waals surface area contributed by atoms with E-state index in [1.165, 1.54) is 32.7 Å². The molecule has 0 amide bonds. The van der Waals surface area contributed by atoms with Gasteiger partial charge in [0, 0.05) is 13.1 Å². The highest BCUT2D eigenvalue weighted by Gasteiger charge is 2.34. The second kappa shape index (κ2) is 10.5. The fourth-order valence-electron chi connectivity index (χ4n) is 3.04. The van der Waals surface area contributed by atoms with Crippen molar-refractivity contribution in [3.63, 3.8) is 0 Å². The minimum absolute atomic E-state index is 0. The van der Waals surface area contributed by atoms with E-state index in [0.717, 1.165) is 24.6 Å². The Morgan fingerprint density at radius 1 is 1.23 bits per heavy atom. The standard InChI is InChI=1S/C18H30N4O2S.HI/c1-4-18(10-7-11-18)14-22-17(20-5-2)21-13-15-8-6-9-16(12-15)25(23,24)19-3;/h6,8-9,12,19H,4-5,7,10-11,13-14H2,1-3H3,(H2,20,21,22);1H. The zero-order valence-corrected chi connectivity index (χ0v) is 19.0. The van der Waals surface area contributed by atoms with Crippen molar-refractivity contribution in [3.05, 3.63) is 29.8 Å². The maximum absolute atomic E-state index is 11.9. The van der Waals surface area contributed by atoms with E-state index >= 15 is 0 Å². The average molecular weight is 494 g/mol. The van der Waals surface area contributed by atoms with Crippen LogP contribution in [0.2, 0.25) is 0 Å². The molecule has 1 fully saturated rings. The summed E-state index contributed by atoms with van der Waals surface area (Å²) in [6.07, 6.45) is 5.05.